The Hall–Kier alpha value is -2.62. The van der Waals surface area contributed by atoms with Crippen molar-refractivity contribution >= 4 is 18.5 Å². The third-order valence-electron chi connectivity index (χ3n) is 5.47. The number of piperidine rings is 1. The van der Waals surface area contributed by atoms with E-state index in [0.717, 1.165) is 37.1 Å². The van der Waals surface area contributed by atoms with Crippen LogP contribution in [0.1, 0.15) is 41.3 Å². The highest BCUT2D eigenvalue weighted by molar-refractivity contribution is 6.60. The van der Waals surface area contributed by atoms with Crippen LogP contribution in [-0.4, -0.2) is 65.8 Å². The molecule has 1 saturated heterocycles. The Morgan fingerprint density at radius 1 is 1.29 bits per heavy atom. The van der Waals surface area contributed by atoms with Gasteiger partial charge in [-0.05, 0) is 49.9 Å². The number of amides is 1. The van der Waals surface area contributed by atoms with Crippen molar-refractivity contribution in [2.24, 2.45) is 0 Å². The van der Waals surface area contributed by atoms with E-state index in [9.17, 15) is 14.8 Å². The van der Waals surface area contributed by atoms with Crippen molar-refractivity contribution in [1.29, 1.82) is 0 Å². The van der Waals surface area contributed by atoms with E-state index in [0.29, 0.717) is 35.7 Å². The zero-order valence-corrected chi connectivity index (χ0v) is 18.3. The molecule has 0 atom stereocenters. The lowest BCUT2D eigenvalue weighted by molar-refractivity contribution is 0.0908. The van der Waals surface area contributed by atoms with Gasteiger partial charge in [-0.2, -0.15) is 0 Å². The van der Waals surface area contributed by atoms with Gasteiger partial charge in [0.2, 0.25) is 0 Å². The quantitative estimate of drug-likeness (QED) is 0.537. The fourth-order valence-electron chi connectivity index (χ4n) is 3.92. The predicted octanol–water partition coefficient (Wildman–Crippen LogP) is 0.872. The van der Waals surface area contributed by atoms with Crippen LogP contribution < -0.4 is 20.3 Å². The van der Waals surface area contributed by atoms with Crippen molar-refractivity contribution in [2.45, 2.75) is 39.3 Å². The minimum Gasteiger partial charge on any atom is -0.493 e. The van der Waals surface area contributed by atoms with Crippen LogP contribution in [0.4, 0.5) is 0 Å². The zero-order valence-electron chi connectivity index (χ0n) is 18.3. The number of pyridine rings is 1. The first-order valence-corrected chi connectivity index (χ1v) is 10.6. The monoisotopic (exact) mass is 427 g/mol. The Morgan fingerprint density at radius 2 is 2.03 bits per heavy atom. The van der Waals surface area contributed by atoms with Crippen LogP contribution in [-0.2, 0) is 6.54 Å². The molecule has 31 heavy (non-hydrogen) atoms. The van der Waals surface area contributed by atoms with Gasteiger partial charge < -0.3 is 24.8 Å². The summed E-state index contributed by atoms with van der Waals surface area (Å²) in [6, 6.07) is 5.56. The van der Waals surface area contributed by atoms with E-state index in [1.54, 1.807) is 18.5 Å². The van der Waals surface area contributed by atoms with Gasteiger partial charge in [0.15, 0.2) is 11.5 Å². The summed E-state index contributed by atoms with van der Waals surface area (Å²) in [7, 11) is -0.136. The zero-order chi connectivity index (χ0) is 22.4. The van der Waals surface area contributed by atoms with Gasteiger partial charge in [-0.1, -0.05) is 6.07 Å². The van der Waals surface area contributed by atoms with Gasteiger partial charge in [0.1, 0.15) is 0 Å². The van der Waals surface area contributed by atoms with Crippen molar-refractivity contribution in [2.75, 3.05) is 26.8 Å². The molecule has 0 aliphatic carbocycles. The average Bonchev–Trinajstić information content (AvgIpc) is 2.75. The number of carbonyl (C=O) groups excluding carboxylic acids is 1. The maximum absolute atomic E-state index is 12.5. The van der Waals surface area contributed by atoms with Gasteiger partial charge in [0, 0.05) is 43.5 Å². The second kappa shape index (κ2) is 10.6. The van der Waals surface area contributed by atoms with Crippen LogP contribution in [0, 0.1) is 6.92 Å². The molecule has 2 heterocycles. The molecule has 0 unspecified atom stereocenters. The lowest BCUT2D eigenvalue weighted by Crippen LogP contribution is -2.45. The van der Waals surface area contributed by atoms with Crippen molar-refractivity contribution in [3.63, 3.8) is 0 Å². The van der Waals surface area contributed by atoms with E-state index in [-0.39, 0.29) is 11.9 Å². The summed E-state index contributed by atoms with van der Waals surface area (Å²) in [4.78, 5) is 18.8. The molecule has 0 radical (unpaired) electrons. The number of nitrogens with one attached hydrogen (secondary N) is 1. The highest BCUT2D eigenvalue weighted by Crippen LogP contribution is 2.27. The largest absolute Gasteiger partial charge is 0.493 e. The second-order valence-corrected chi connectivity index (χ2v) is 7.75. The molecule has 1 aliphatic rings. The summed E-state index contributed by atoms with van der Waals surface area (Å²) < 4.78 is 11.0. The van der Waals surface area contributed by atoms with Crippen molar-refractivity contribution in [1.82, 2.24) is 15.2 Å². The third kappa shape index (κ3) is 5.75. The summed E-state index contributed by atoms with van der Waals surface area (Å²) >= 11 is 0. The fourth-order valence-corrected chi connectivity index (χ4v) is 3.92. The van der Waals surface area contributed by atoms with Gasteiger partial charge >= 0.3 is 7.12 Å². The fraction of sp³-hybridized carbons (Fsp3) is 0.455. The van der Waals surface area contributed by atoms with Gasteiger partial charge in [-0.3, -0.25) is 14.7 Å². The van der Waals surface area contributed by atoms with Crippen LogP contribution in [0.15, 0.2) is 30.6 Å². The number of rotatable bonds is 8. The lowest BCUT2D eigenvalue weighted by atomic mass is 9.75. The van der Waals surface area contributed by atoms with E-state index in [1.165, 1.54) is 7.11 Å². The number of carbonyl (C=O) groups is 1. The molecule has 166 valence electrons. The Balaban J connectivity index is 1.63. The Morgan fingerprint density at radius 3 is 2.65 bits per heavy atom. The Kier molecular flexibility index (Phi) is 7.89. The van der Waals surface area contributed by atoms with Crippen LogP contribution in [0.5, 0.6) is 11.5 Å². The number of hydrogen-bond donors (Lipinski definition) is 3. The average molecular weight is 427 g/mol. The van der Waals surface area contributed by atoms with E-state index in [1.807, 2.05) is 26.0 Å². The molecule has 3 rings (SSSR count). The molecule has 0 bridgehead atoms. The minimum absolute atomic E-state index is 0.0991. The summed E-state index contributed by atoms with van der Waals surface area (Å²) in [6.45, 7) is 6.27. The molecular formula is C22H30BN3O5. The van der Waals surface area contributed by atoms with Crippen LogP contribution in [0.2, 0.25) is 0 Å². The first-order chi connectivity index (χ1) is 14.9. The van der Waals surface area contributed by atoms with Crippen LogP contribution in [0.25, 0.3) is 0 Å². The van der Waals surface area contributed by atoms with Crippen molar-refractivity contribution < 1.29 is 24.3 Å². The lowest BCUT2D eigenvalue weighted by Gasteiger charge is -2.33. The molecular weight excluding hydrogens is 397 g/mol. The Bertz CT molecular complexity index is 901. The molecule has 9 heteroatoms. The highest BCUT2D eigenvalue weighted by Gasteiger charge is 2.27. The molecule has 2 aromatic rings. The Labute approximate surface area is 183 Å². The number of benzene rings is 1. The van der Waals surface area contributed by atoms with Gasteiger partial charge in [-0.15, -0.1) is 0 Å². The van der Waals surface area contributed by atoms with E-state index >= 15 is 0 Å². The summed E-state index contributed by atoms with van der Waals surface area (Å²) in [5.74, 6) is 0.740. The number of methoxy groups -OCH3 is 1. The number of ether oxygens (including phenoxy) is 2. The molecule has 8 nitrogen and oxygen atoms in total. The molecule has 1 amide bonds. The summed E-state index contributed by atoms with van der Waals surface area (Å²) in [6.07, 6.45) is 4.94. The molecule has 1 fully saturated rings. The topological polar surface area (TPSA) is 104 Å². The number of likely N-dealkylation sites (tertiary alicyclic amines) is 1. The maximum atomic E-state index is 12.5. The molecule has 1 aliphatic heterocycles. The van der Waals surface area contributed by atoms with Crippen molar-refractivity contribution in [3.05, 3.63) is 47.3 Å². The van der Waals surface area contributed by atoms with Gasteiger partial charge in [0.25, 0.3) is 5.91 Å². The number of hydrogen-bond acceptors (Lipinski definition) is 7. The second-order valence-electron chi connectivity index (χ2n) is 7.75. The molecule has 0 spiro atoms. The third-order valence-corrected chi connectivity index (χ3v) is 5.47. The minimum atomic E-state index is -1.66. The first-order valence-electron chi connectivity index (χ1n) is 10.6. The number of aromatic nitrogens is 1. The first kappa shape index (κ1) is 23.1. The maximum Gasteiger partial charge on any atom is 0.492 e. The van der Waals surface area contributed by atoms with E-state index in [2.05, 4.69) is 15.2 Å². The standard InChI is InChI=1S/C22H30BN3O5/c1-4-31-21-19(30-3)6-5-16(20(21)23(28)29)14-26-9-7-18(8-10-26)25-22(27)17-11-15(2)12-24-13-17/h5-6,11-13,18,28-29H,4,7-10,14H2,1-3H3,(H,25,27). The van der Waals surface area contributed by atoms with E-state index < -0.39 is 7.12 Å². The van der Waals surface area contributed by atoms with Crippen molar-refractivity contribution in [3.8, 4) is 11.5 Å². The molecule has 1 aromatic carbocycles. The highest BCUT2D eigenvalue weighted by atomic mass is 16.5. The van der Waals surface area contributed by atoms with E-state index in [4.69, 9.17) is 9.47 Å². The predicted molar refractivity (Wildman–Crippen MR) is 119 cm³/mol. The van der Waals surface area contributed by atoms with Crippen LogP contribution >= 0.6 is 0 Å². The normalized spacial score (nSPS) is 14.9. The summed E-state index contributed by atoms with van der Waals surface area (Å²) in [5, 5.41) is 23.1. The smallest absolute Gasteiger partial charge is 0.492 e. The molecule has 0 saturated carbocycles. The summed E-state index contributed by atoms with van der Waals surface area (Å²) in [5.41, 5.74) is 2.65. The van der Waals surface area contributed by atoms with Gasteiger partial charge in [-0.25, -0.2) is 0 Å². The molecule has 1 aromatic heterocycles. The number of aryl methyl sites for hydroxylation is 1. The SMILES string of the molecule is CCOc1c(OC)ccc(CN2CCC(NC(=O)c3cncc(C)c3)CC2)c1B(O)O. The number of nitrogens with zero attached hydrogens (tertiary/aromatic N) is 2. The van der Waals surface area contributed by atoms with Gasteiger partial charge in [0.05, 0.1) is 19.3 Å². The van der Waals surface area contributed by atoms with Crippen LogP contribution in [0.3, 0.4) is 0 Å². The molecule has 3 N–H and O–H groups in total.